The van der Waals surface area contributed by atoms with E-state index in [4.69, 9.17) is 4.74 Å². The Morgan fingerprint density at radius 1 is 1.00 bits per heavy atom. The zero-order chi connectivity index (χ0) is 34.0. The van der Waals surface area contributed by atoms with Crippen molar-refractivity contribution in [2.45, 2.75) is 4.90 Å². The third-order valence-electron chi connectivity index (χ3n) is 7.93. The minimum Gasteiger partial charge on any atom is -0.478 e. The first-order valence-corrected chi connectivity index (χ1v) is 16.4. The van der Waals surface area contributed by atoms with Crippen molar-refractivity contribution in [3.8, 4) is 17.1 Å². The van der Waals surface area contributed by atoms with Gasteiger partial charge in [-0.3, -0.25) is 14.3 Å². The number of hydrogen-bond acceptors (Lipinski definition) is 11. The number of anilines is 3. The van der Waals surface area contributed by atoms with Gasteiger partial charge in [0.25, 0.3) is 27.7 Å². The number of methoxy groups -OCH3 is 1. The summed E-state index contributed by atoms with van der Waals surface area (Å²) in [7, 11) is 1.90. The molecule has 4 N–H and O–H groups in total. The molecule has 248 valence electrons. The number of rotatable bonds is 7. The summed E-state index contributed by atoms with van der Waals surface area (Å²) in [6, 6.07) is 13.7. The number of para-hydroxylation sites is 1. The average molecular weight is 671 g/mol. The lowest BCUT2D eigenvalue weighted by Gasteiger charge is -2.34. The highest BCUT2D eigenvalue weighted by molar-refractivity contribution is 7.90. The van der Waals surface area contributed by atoms with Gasteiger partial charge in [-0.15, -0.1) is 5.10 Å². The molecule has 1 fully saturated rings. The Kier molecular flexibility index (Phi) is 8.84. The summed E-state index contributed by atoms with van der Waals surface area (Å²) in [5, 5.41) is 11.4. The molecule has 5 aromatic rings. The lowest BCUT2D eigenvalue weighted by atomic mass is 10.1. The molecule has 48 heavy (non-hydrogen) atoms. The zero-order valence-corrected chi connectivity index (χ0v) is 27.3. The second-order valence-electron chi connectivity index (χ2n) is 11.2. The predicted octanol–water partition coefficient (Wildman–Crippen LogP) is 2.93. The van der Waals surface area contributed by atoms with Gasteiger partial charge in [-0.1, -0.05) is 30.8 Å². The molecular weight excluding hydrogens is 636 g/mol. The molecule has 0 bridgehead atoms. The Hall–Kier alpha value is -5.74. The summed E-state index contributed by atoms with van der Waals surface area (Å²) in [4.78, 5) is 40.6. The van der Waals surface area contributed by atoms with Gasteiger partial charge in [0.2, 0.25) is 5.95 Å². The van der Waals surface area contributed by atoms with Crippen molar-refractivity contribution in [2.75, 3.05) is 51.0 Å². The summed E-state index contributed by atoms with van der Waals surface area (Å²) < 4.78 is 31.1. The van der Waals surface area contributed by atoms with E-state index in [-0.39, 0.29) is 16.4 Å². The normalized spacial score (nSPS) is 15.2. The number of aryl methyl sites for hydroxylation is 1. The van der Waals surface area contributed by atoms with E-state index >= 15 is 0 Å². The van der Waals surface area contributed by atoms with E-state index in [0.29, 0.717) is 28.9 Å². The molecule has 7 rings (SSSR count). The molecule has 2 aromatic carbocycles. The molecular formula is C32H34N10O5S. The first-order valence-electron chi connectivity index (χ1n) is 14.9. The Bertz CT molecular complexity index is 2130. The number of fused-ring (bicyclic) bond motifs is 2. The number of carbonyl (C=O) groups excluding carboxylic acids is 2. The molecule has 3 aromatic heterocycles. The van der Waals surface area contributed by atoms with Crippen molar-refractivity contribution >= 4 is 50.1 Å². The van der Waals surface area contributed by atoms with Gasteiger partial charge in [-0.2, -0.15) is 0 Å². The zero-order valence-electron chi connectivity index (χ0n) is 26.5. The van der Waals surface area contributed by atoms with E-state index in [1.807, 2.05) is 47.1 Å². The maximum absolute atomic E-state index is 13.0. The van der Waals surface area contributed by atoms with Crippen LogP contribution in [0.3, 0.4) is 0 Å². The summed E-state index contributed by atoms with van der Waals surface area (Å²) in [5.41, 5.74) is 4.48. The fraction of sp³-hybridized carbons (Fsp3) is 0.219. The summed E-state index contributed by atoms with van der Waals surface area (Å²) in [6.07, 6.45) is 5.37. The Labute approximate surface area is 276 Å². The third kappa shape index (κ3) is 6.56. The molecule has 16 heteroatoms. The SMILES string of the molecule is C=C(C(=O)Nc1cccc2c(-c3ccnc(Nc4cn(C)nc4OC)n3)c[nH]c12)N1CCN(C)CC1.O=C1NS(=O)(=O)c2ccccc21. The van der Waals surface area contributed by atoms with Gasteiger partial charge in [-0.05, 0) is 31.3 Å². The number of carbonyl (C=O) groups is 2. The van der Waals surface area contributed by atoms with Crippen molar-refractivity contribution in [1.82, 2.24) is 39.3 Å². The Morgan fingerprint density at radius 3 is 2.52 bits per heavy atom. The number of benzene rings is 2. The number of piperazine rings is 1. The van der Waals surface area contributed by atoms with Gasteiger partial charge >= 0.3 is 0 Å². The maximum Gasteiger partial charge on any atom is 0.271 e. The summed E-state index contributed by atoms with van der Waals surface area (Å²) in [6.45, 7) is 7.43. The number of aromatic nitrogens is 5. The minimum absolute atomic E-state index is 0.0648. The minimum atomic E-state index is -3.55. The topological polar surface area (TPSA) is 179 Å². The van der Waals surface area contributed by atoms with E-state index in [1.165, 1.54) is 12.1 Å². The van der Waals surface area contributed by atoms with E-state index in [9.17, 15) is 18.0 Å². The van der Waals surface area contributed by atoms with Crippen LogP contribution in [0.25, 0.3) is 22.2 Å². The van der Waals surface area contributed by atoms with Crippen LogP contribution in [-0.2, 0) is 21.9 Å². The number of H-pyrrole nitrogens is 1. The van der Waals surface area contributed by atoms with Crippen molar-refractivity contribution in [3.05, 3.63) is 85.0 Å². The third-order valence-corrected chi connectivity index (χ3v) is 9.31. The fourth-order valence-corrected chi connectivity index (χ4v) is 6.57. The standard InChI is InChI=1S/C25H29N9O2.C7H5NO3S/c1-16(34-12-10-32(2)11-13-34)23(35)28-20-7-5-6-17-18(14-27-22(17)20)19-8-9-26-25(29-19)30-21-15-33(3)31-24(21)36-4;9-7-5-3-1-2-4-6(5)12(10,11)8-7/h5-9,14-15,27H,1,10-13H2,2-4H3,(H,28,35)(H,26,29,30);1-4H,(H,8,9). The number of aromatic amines is 1. The van der Waals surface area contributed by atoms with Crippen LogP contribution in [0.15, 0.2) is 84.3 Å². The van der Waals surface area contributed by atoms with E-state index in [1.54, 1.807) is 36.3 Å². The molecule has 0 unspecified atom stereocenters. The molecule has 5 heterocycles. The largest absolute Gasteiger partial charge is 0.478 e. The van der Waals surface area contributed by atoms with Crippen molar-refractivity contribution in [2.24, 2.45) is 7.05 Å². The summed E-state index contributed by atoms with van der Waals surface area (Å²) in [5.74, 6) is 0.117. The molecule has 0 atom stereocenters. The van der Waals surface area contributed by atoms with Crippen LogP contribution in [0.5, 0.6) is 5.88 Å². The molecule has 0 radical (unpaired) electrons. The molecule has 0 saturated carbocycles. The van der Waals surface area contributed by atoms with Crippen LogP contribution in [0, 0.1) is 0 Å². The number of nitrogens with one attached hydrogen (secondary N) is 4. The van der Waals surface area contributed by atoms with Crippen LogP contribution in [0.1, 0.15) is 10.4 Å². The van der Waals surface area contributed by atoms with Gasteiger partial charge in [0.1, 0.15) is 10.6 Å². The predicted molar refractivity (Wildman–Crippen MR) is 180 cm³/mol. The number of nitrogens with zero attached hydrogens (tertiary/aromatic N) is 6. The van der Waals surface area contributed by atoms with Gasteiger partial charge < -0.3 is 30.2 Å². The molecule has 1 saturated heterocycles. The maximum atomic E-state index is 13.0. The molecule has 2 aliphatic heterocycles. The molecule has 2 aliphatic rings. The van der Waals surface area contributed by atoms with Gasteiger partial charge in [-0.25, -0.2) is 23.1 Å². The van der Waals surface area contributed by atoms with Crippen LogP contribution in [0.2, 0.25) is 0 Å². The van der Waals surface area contributed by atoms with Crippen molar-refractivity contribution in [1.29, 1.82) is 0 Å². The second kappa shape index (κ2) is 13.2. The number of sulfonamides is 1. The lowest BCUT2D eigenvalue weighted by molar-refractivity contribution is -0.114. The van der Waals surface area contributed by atoms with E-state index < -0.39 is 15.9 Å². The molecule has 15 nitrogen and oxygen atoms in total. The number of hydrogen-bond donors (Lipinski definition) is 4. The van der Waals surface area contributed by atoms with Gasteiger partial charge in [0, 0.05) is 56.6 Å². The Morgan fingerprint density at radius 2 is 1.77 bits per heavy atom. The fourth-order valence-electron chi connectivity index (χ4n) is 5.40. The first kappa shape index (κ1) is 32.2. The Balaban J connectivity index is 0.000000280. The lowest BCUT2D eigenvalue weighted by Crippen LogP contribution is -2.45. The molecule has 0 spiro atoms. The van der Waals surface area contributed by atoms with Crippen LogP contribution in [-0.4, -0.2) is 95.1 Å². The second-order valence-corrected chi connectivity index (χ2v) is 12.8. The number of likely N-dealkylation sites (N-methyl/N-ethyl adjacent to an activating group) is 1. The monoisotopic (exact) mass is 670 g/mol. The van der Waals surface area contributed by atoms with Crippen LogP contribution >= 0.6 is 0 Å². The highest BCUT2D eigenvalue weighted by Gasteiger charge is 2.31. The van der Waals surface area contributed by atoms with Gasteiger partial charge in [0.15, 0.2) is 0 Å². The van der Waals surface area contributed by atoms with Crippen LogP contribution < -0.4 is 20.1 Å². The number of ether oxygens (including phenoxy) is 1. The van der Waals surface area contributed by atoms with Crippen molar-refractivity contribution in [3.63, 3.8) is 0 Å². The van der Waals surface area contributed by atoms with Crippen LogP contribution in [0.4, 0.5) is 17.3 Å². The quantitative estimate of drug-likeness (QED) is 0.187. The van der Waals surface area contributed by atoms with Gasteiger partial charge in [0.05, 0.1) is 41.5 Å². The summed E-state index contributed by atoms with van der Waals surface area (Å²) >= 11 is 0. The molecule has 2 amide bonds. The smallest absolute Gasteiger partial charge is 0.271 e. The number of amides is 2. The van der Waals surface area contributed by atoms with E-state index in [0.717, 1.165) is 48.3 Å². The molecule has 0 aliphatic carbocycles. The van der Waals surface area contributed by atoms with E-state index in [2.05, 4.69) is 49.2 Å². The highest BCUT2D eigenvalue weighted by atomic mass is 32.2. The van der Waals surface area contributed by atoms with Crippen molar-refractivity contribution < 1.29 is 22.7 Å². The highest BCUT2D eigenvalue weighted by Crippen LogP contribution is 2.33. The first-order chi connectivity index (χ1) is 23.0. The average Bonchev–Trinajstić information content (AvgIpc) is 3.74.